The number of carbonyl (C=O) groups excluding carboxylic acids is 2. The zero-order chi connectivity index (χ0) is 12.8. The molecule has 0 aliphatic rings. The number of benzene rings is 1. The van der Waals surface area contributed by atoms with E-state index < -0.39 is 12.0 Å². The van der Waals surface area contributed by atoms with Crippen molar-refractivity contribution in [1.82, 2.24) is 0 Å². The van der Waals surface area contributed by atoms with E-state index in [-0.39, 0.29) is 0 Å². The van der Waals surface area contributed by atoms with Crippen LogP contribution in [0.25, 0.3) is 0 Å². The van der Waals surface area contributed by atoms with E-state index in [9.17, 15) is 9.59 Å². The maximum absolute atomic E-state index is 11.4. The summed E-state index contributed by atoms with van der Waals surface area (Å²) in [5.41, 5.74) is 1.02. The Bertz CT molecular complexity index is 464. The molecule has 0 spiro atoms. The Morgan fingerprint density at radius 2 is 2.12 bits per heavy atom. The molecule has 0 N–H and O–H groups in total. The van der Waals surface area contributed by atoms with Gasteiger partial charge in [-0.3, -0.25) is 0 Å². The molecule has 0 amide bonds. The second kappa shape index (κ2) is 5.82. The number of nitrogens with zero attached hydrogens (tertiary/aromatic N) is 1. The summed E-state index contributed by atoms with van der Waals surface area (Å²) < 4.78 is 9.76. The highest BCUT2D eigenvalue weighted by Gasteiger charge is 2.14. The van der Waals surface area contributed by atoms with E-state index in [4.69, 9.17) is 4.74 Å². The Balaban J connectivity index is 3.23. The lowest BCUT2D eigenvalue weighted by Gasteiger charge is -2.12. The molecule has 1 aromatic carbocycles. The average Bonchev–Trinajstić information content (AvgIpc) is 2.37. The molecule has 0 aromatic heterocycles. The summed E-state index contributed by atoms with van der Waals surface area (Å²) in [6.07, 6.45) is 1.48. The molecule has 0 heterocycles. The molecule has 0 fully saturated rings. The molecular formula is C12H13NO4. The molecule has 0 aliphatic carbocycles. The number of rotatable bonds is 4. The van der Waals surface area contributed by atoms with Crippen LogP contribution in [0.3, 0.4) is 0 Å². The van der Waals surface area contributed by atoms with Crippen LogP contribution in [0.15, 0.2) is 23.2 Å². The Morgan fingerprint density at radius 1 is 1.41 bits per heavy atom. The lowest BCUT2D eigenvalue weighted by Crippen LogP contribution is -2.04. The first kappa shape index (κ1) is 12.9. The Kier molecular flexibility index (Phi) is 4.43. The second-order valence-corrected chi connectivity index (χ2v) is 3.34. The van der Waals surface area contributed by atoms with Crippen molar-refractivity contribution in [3.8, 4) is 5.75 Å². The van der Waals surface area contributed by atoms with E-state index >= 15 is 0 Å². The molecule has 1 unspecified atom stereocenters. The third-order valence-electron chi connectivity index (χ3n) is 2.35. The normalized spacial score (nSPS) is 11.2. The number of esters is 1. The third kappa shape index (κ3) is 2.92. The minimum absolute atomic E-state index is 0.385. The quantitative estimate of drug-likeness (QED) is 0.454. The van der Waals surface area contributed by atoms with Crippen molar-refractivity contribution in [2.24, 2.45) is 4.99 Å². The van der Waals surface area contributed by atoms with Gasteiger partial charge < -0.3 is 9.47 Å². The zero-order valence-corrected chi connectivity index (χ0v) is 9.89. The molecule has 17 heavy (non-hydrogen) atoms. The Labute approximate surface area is 99.1 Å². The van der Waals surface area contributed by atoms with Crippen LogP contribution in [-0.4, -0.2) is 26.3 Å². The number of methoxy groups -OCH3 is 2. The fraction of sp³-hybridized carbons (Fsp3) is 0.333. The number of aliphatic imine (C=N–C) groups is 1. The number of isocyanates is 1. The number of hydrogen-bond acceptors (Lipinski definition) is 5. The Hall–Kier alpha value is -2.13. The molecule has 1 aromatic rings. The highest BCUT2D eigenvalue weighted by atomic mass is 16.5. The highest BCUT2D eigenvalue weighted by Crippen LogP contribution is 2.28. The maximum atomic E-state index is 11.4. The zero-order valence-electron chi connectivity index (χ0n) is 9.89. The summed E-state index contributed by atoms with van der Waals surface area (Å²) >= 11 is 0. The van der Waals surface area contributed by atoms with Gasteiger partial charge >= 0.3 is 5.97 Å². The van der Waals surface area contributed by atoms with Crippen LogP contribution in [0.2, 0.25) is 0 Å². The molecule has 0 saturated heterocycles. The van der Waals surface area contributed by atoms with Crippen molar-refractivity contribution in [3.05, 3.63) is 29.3 Å². The van der Waals surface area contributed by atoms with Gasteiger partial charge in [-0.15, -0.1) is 0 Å². The monoisotopic (exact) mass is 235 g/mol. The molecule has 1 rings (SSSR count). The topological polar surface area (TPSA) is 65.0 Å². The summed E-state index contributed by atoms with van der Waals surface area (Å²) in [4.78, 5) is 25.2. The lowest BCUT2D eigenvalue weighted by molar-refractivity contribution is 0.0600. The standard InChI is InChI=1S/C12H13NO4/c1-8(13-7-14)10-6-9(12(15)17-3)4-5-11(10)16-2/h4-6,8H,1-3H3. The van der Waals surface area contributed by atoms with E-state index in [2.05, 4.69) is 9.73 Å². The van der Waals surface area contributed by atoms with Crippen LogP contribution < -0.4 is 4.74 Å². The van der Waals surface area contributed by atoms with Gasteiger partial charge in [0.1, 0.15) is 5.75 Å². The van der Waals surface area contributed by atoms with Gasteiger partial charge in [0.15, 0.2) is 0 Å². The van der Waals surface area contributed by atoms with Crippen LogP contribution in [-0.2, 0) is 9.53 Å². The molecule has 0 aliphatic heterocycles. The summed E-state index contributed by atoms with van der Waals surface area (Å²) in [6, 6.07) is 4.40. The molecule has 90 valence electrons. The number of hydrogen-bond donors (Lipinski definition) is 0. The van der Waals surface area contributed by atoms with Gasteiger partial charge in [-0.25, -0.2) is 9.59 Å². The average molecular weight is 235 g/mol. The van der Waals surface area contributed by atoms with Crippen molar-refractivity contribution < 1.29 is 19.1 Å². The molecule has 0 saturated carbocycles. The summed E-state index contributed by atoms with van der Waals surface area (Å²) in [5.74, 6) is 0.111. The van der Waals surface area contributed by atoms with Crippen LogP contribution in [0.1, 0.15) is 28.9 Å². The second-order valence-electron chi connectivity index (χ2n) is 3.34. The molecule has 5 nitrogen and oxygen atoms in total. The first-order chi connectivity index (χ1) is 8.13. The molecular weight excluding hydrogens is 222 g/mol. The Morgan fingerprint density at radius 3 is 2.65 bits per heavy atom. The molecule has 0 bridgehead atoms. The summed E-state index contributed by atoms with van der Waals surface area (Å²) in [6.45, 7) is 1.71. The van der Waals surface area contributed by atoms with E-state index in [1.165, 1.54) is 20.3 Å². The number of ether oxygens (including phenoxy) is 2. The van der Waals surface area contributed by atoms with Crippen LogP contribution >= 0.6 is 0 Å². The van der Waals surface area contributed by atoms with Crippen molar-refractivity contribution in [2.75, 3.05) is 14.2 Å². The van der Waals surface area contributed by atoms with Crippen molar-refractivity contribution in [2.45, 2.75) is 13.0 Å². The van der Waals surface area contributed by atoms with E-state index in [1.807, 2.05) is 0 Å². The van der Waals surface area contributed by atoms with E-state index in [1.54, 1.807) is 25.1 Å². The van der Waals surface area contributed by atoms with Gasteiger partial charge in [-0.05, 0) is 25.1 Å². The minimum atomic E-state index is -0.448. The highest BCUT2D eigenvalue weighted by molar-refractivity contribution is 5.89. The van der Waals surface area contributed by atoms with Crippen molar-refractivity contribution in [3.63, 3.8) is 0 Å². The lowest BCUT2D eigenvalue weighted by atomic mass is 10.0. The molecule has 1 atom stereocenters. The van der Waals surface area contributed by atoms with Gasteiger partial charge in [-0.1, -0.05) is 0 Å². The van der Waals surface area contributed by atoms with Crippen LogP contribution in [0.5, 0.6) is 5.75 Å². The summed E-state index contributed by atoms with van der Waals surface area (Å²) in [5, 5.41) is 0. The van der Waals surface area contributed by atoms with E-state index in [0.717, 1.165) is 0 Å². The SMILES string of the molecule is COC(=O)c1ccc(OC)c(C(C)N=C=O)c1. The summed E-state index contributed by atoms with van der Waals surface area (Å²) in [7, 11) is 2.81. The smallest absolute Gasteiger partial charge is 0.337 e. The van der Waals surface area contributed by atoms with Crippen molar-refractivity contribution >= 4 is 12.0 Å². The largest absolute Gasteiger partial charge is 0.496 e. The van der Waals surface area contributed by atoms with Gasteiger partial charge in [0.05, 0.1) is 25.8 Å². The van der Waals surface area contributed by atoms with Gasteiger partial charge in [0.2, 0.25) is 6.08 Å². The van der Waals surface area contributed by atoms with Crippen molar-refractivity contribution in [1.29, 1.82) is 0 Å². The van der Waals surface area contributed by atoms with Gasteiger partial charge in [-0.2, -0.15) is 4.99 Å². The molecule has 5 heteroatoms. The van der Waals surface area contributed by atoms with Crippen LogP contribution in [0, 0.1) is 0 Å². The number of carbonyl (C=O) groups is 1. The van der Waals surface area contributed by atoms with Crippen LogP contribution in [0.4, 0.5) is 0 Å². The first-order valence-electron chi connectivity index (χ1n) is 4.97. The predicted octanol–water partition coefficient (Wildman–Crippen LogP) is 1.88. The predicted molar refractivity (Wildman–Crippen MR) is 60.9 cm³/mol. The van der Waals surface area contributed by atoms with Gasteiger partial charge in [0, 0.05) is 5.56 Å². The minimum Gasteiger partial charge on any atom is -0.496 e. The molecule has 0 radical (unpaired) electrons. The first-order valence-corrected chi connectivity index (χ1v) is 4.97. The third-order valence-corrected chi connectivity index (χ3v) is 2.35. The fourth-order valence-corrected chi connectivity index (χ4v) is 1.45. The maximum Gasteiger partial charge on any atom is 0.337 e. The van der Waals surface area contributed by atoms with Gasteiger partial charge in [0.25, 0.3) is 0 Å². The van der Waals surface area contributed by atoms with E-state index in [0.29, 0.717) is 16.9 Å². The fourth-order valence-electron chi connectivity index (χ4n) is 1.45.